The summed E-state index contributed by atoms with van der Waals surface area (Å²) in [5, 5.41) is 11.3. The summed E-state index contributed by atoms with van der Waals surface area (Å²) in [5.41, 5.74) is 5.41. The Balaban J connectivity index is 1.74. The molecule has 1 heterocycles. The molecule has 0 bridgehead atoms. The smallest absolute Gasteiger partial charge is 0.161 e. The summed E-state index contributed by atoms with van der Waals surface area (Å²) >= 11 is 0. The molecule has 2 aromatic carbocycles. The zero-order valence-electron chi connectivity index (χ0n) is 16.6. The average Bonchev–Trinajstić information content (AvgIpc) is 3.25. The Morgan fingerprint density at radius 2 is 1.86 bits per heavy atom. The van der Waals surface area contributed by atoms with Crippen molar-refractivity contribution in [3.8, 4) is 28.5 Å². The van der Waals surface area contributed by atoms with Gasteiger partial charge in [-0.1, -0.05) is 13.0 Å². The van der Waals surface area contributed by atoms with Gasteiger partial charge in [0.2, 0.25) is 0 Å². The lowest BCUT2D eigenvalue weighted by Gasteiger charge is -2.15. The van der Waals surface area contributed by atoms with Crippen molar-refractivity contribution in [2.24, 2.45) is 0 Å². The van der Waals surface area contributed by atoms with Crippen LogP contribution >= 0.6 is 0 Å². The number of nitrogens with one attached hydrogen (secondary N) is 2. The van der Waals surface area contributed by atoms with Gasteiger partial charge in [-0.15, -0.1) is 0 Å². The predicted molar refractivity (Wildman–Crippen MR) is 110 cm³/mol. The van der Waals surface area contributed by atoms with Crippen LogP contribution in [0.15, 0.2) is 36.4 Å². The maximum Gasteiger partial charge on any atom is 0.161 e. The van der Waals surface area contributed by atoms with Gasteiger partial charge >= 0.3 is 0 Å². The molecule has 0 amide bonds. The van der Waals surface area contributed by atoms with Crippen LogP contribution in [0, 0.1) is 0 Å². The average molecular weight is 379 g/mol. The van der Waals surface area contributed by atoms with Crippen LogP contribution in [-0.4, -0.2) is 31.0 Å². The first-order valence-electron chi connectivity index (χ1n) is 9.54. The lowest BCUT2D eigenvalue weighted by molar-refractivity contribution is 0.340. The summed E-state index contributed by atoms with van der Waals surface area (Å²) in [5.74, 6) is 3.44. The van der Waals surface area contributed by atoms with E-state index in [1.54, 1.807) is 14.2 Å². The number of methoxy groups -OCH3 is 2. The zero-order chi connectivity index (χ0) is 19.7. The van der Waals surface area contributed by atoms with Gasteiger partial charge in [-0.2, -0.15) is 5.10 Å². The second kappa shape index (κ2) is 7.46. The number of aromatic nitrogens is 2. The van der Waals surface area contributed by atoms with E-state index in [1.807, 2.05) is 37.3 Å². The molecule has 4 rings (SSSR count). The van der Waals surface area contributed by atoms with E-state index < -0.39 is 0 Å². The molecule has 0 spiro atoms. The van der Waals surface area contributed by atoms with Crippen molar-refractivity contribution >= 4 is 11.5 Å². The largest absolute Gasteiger partial charge is 0.494 e. The Morgan fingerprint density at radius 3 is 2.57 bits per heavy atom. The van der Waals surface area contributed by atoms with Crippen molar-refractivity contribution in [3.05, 3.63) is 47.5 Å². The van der Waals surface area contributed by atoms with Gasteiger partial charge in [0.15, 0.2) is 11.5 Å². The van der Waals surface area contributed by atoms with Gasteiger partial charge in [0, 0.05) is 28.8 Å². The molecule has 1 aromatic heterocycles. The molecule has 0 saturated carbocycles. The molecular formula is C22H25N3O3. The van der Waals surface area contributed by atoms with Crippen LogP contribution in [0.2, 0.25) is 0 Å². The summed E-state index contributed by atoms with van der Waals surface area (Å²) in [4.78, 5) is 0. The molecule has 28 heavy (non-hydrogen) atoms. The van der Waals surface area contributed by atoms with Crippen LogP contribution in [-0.2, 0) is 0 Å². The van der Waals surface area contributed by atoms with Crippen LogP contribution in [0.25, 0.3) is 11.3 Å². The number of anilines is 2. The van der Waals surface area contributed by atoms with Gasteiger partial charge in [-0.25, -0.2) is 0 Å². The molecule has 6 nitrogen and oxygen atoms in total. The van der Waals surface area contributed by atoms with E-state index in [2.05, 4.69) is 28.5 Å². The molecule has 0 aliphatic heterocycles. The van der Waals surface area contributed by atoms with Crippen LogP contribution in [0.1, 0.15) is 37.3 Å². The van der Waals surface area contributed by atoms with Crippen LogP contribution < -0.4 is 19.5 Å². The summed E-state index contributed by atoms with van der Waals surface area (Å²) in [6.45, 7) is 4.81. The van der Waals surface area contributed by atoms with Crippen molar-refractivity contribution in [1.29, 1.82) is 0 Å². The summed E-state index contributed by atoms with van der Waals surface area (Å²) in [7, 11) is 3.32. The number of ether oxygens (including phenoxy) is 3. The predicted octanol–water partition coefficient (Wildman–Crippen LogP) is 5.09. The molecule has 0 unspecified atom stereocenters. The van der Waals surface area contributed by atoms with Gasteiger partial charge < -0.3 is 19.5 Å². The topological polar surface area (TPSA) is 68.4 Å². The molecule has 2 N–H and O–H groups in total. The molecular weight excluding hydrogens is 354 g/mol. The van der Waals surface area contributed by atoms with Gasteiger partial charge in [0.25, 0.3) is 0 Å². The lowest BCUT2D eigenvalue weighted by atomic mass is 9.94. The standard InChI is InChI=1S/C22H25N3O3/c1-5-15-16-11-18(26-3)19(27-4)12-17(16)21-20(15)22(25-24-21)23-13-8-7-9-14(10-13)28-6-2/h7-12,15H,5-6H2,1-4H3,(H2,23,24,25)/t15-/m0/s1. The van der Waals surface area contributed by atoms with Crippen molar-refractivity contribution in [3.63, 3.8) is 0 Å². The molecule has 0 saturated heterocycles. The Hall–Kier alpha value is -3.15. The van der Waals surface area contributed by atoms with Crippen molar-refractivity contribution in [2.75, 3.05) is 26.1 Å². The fourth-order valence-electron chi connectivity index (χ4n) is 3.93. The monoisotopic (exact) mass is 379 g/mol. The fourth-order valence-corrected chi connectivity index (χ4v) is 3.93. The molecule has 0 radical (unpaired) electrons. The lowest BCUT2D eigenvalue weighted by Crippen LogP contribution is -2.01. The third-order valence-corrected chi connectivity index (χ3v) is 5.16. The van der Waals surface area contributed by atoms with Crippen molar-refractivity contribution in [1.82, 2.24) is 10.2 Å². The number of rotatable bonds is 7. The molecule has 1 aliphatic carbocycles. The quantitative estimate of drug-likeness (QED) is 0.598. The van der Waals surface area contributed by atoms with Crippen LogP contribution in [0.5, 0.6) is 17.2 Å². The van der Waals surface area contributed by atoms with E-state index in [4.69, 9.17) is 14.2 Å². The number of aromatic amines is 1. The highest BCUT2D eigenvalue weighted by molar-refractivity contribution is 5.83. The Morgan fingerprint density at radius 1 is 1.07 bits per heavy atom. The minimum Gasteiger partial charge on any atom is -0.494 e. The first-order valence-corrected chi connectivity index (χ1v) is 9.54. The Kier molecular flexibility index (Phi) is 4.86. The normalized spacial score (nSPS) is 14.4. The van der Waals surface area contributed by atoms with Gasteiger partial charge in [0.05, 0.1) is 26.5 Å². The molecule has 1 aliphatic rings. The Labute approximate surface area is 164 Å². The Bertz CT molecular complexity index is 997. The highest BCUT2D eigenvalue weighted by Crippen LogP contribution is 2.51. The molecule has 3 aromatic rings. The number of nitrogens with zero attached hydrogens (tertiary/aromatic N) is 1. The van der Waals surface area contributed by atoms with Crippen LogP contribution in [0.3, 0.4) is 0 Å². The second-order valence-electron chi connectivity index (χ2n) is 6.70. The van der Waals surface area contributed by atoms with E-state index in [-0.39, 0.29) is 5.92 Å². The second-order valence-corrected chi connectivity index (χ2v) is 6.70. The van der Waals surface area contributed by atoms with Crippen molar-refractivity contribution in [2.45, 2.75) is 26.2 Å². The minimum atomic E-state index is 0.237. The molecule has 1 atom stereocenters. The van der Waals surface area contributed by atoms with E-state index in [0.29, 0.717) is 12.4 Å². The number of fused-ring (bicyclic) bond motifs is 3. The number of H-pyrrole nitrogens is 1. The SMILES string of the molecule is CCOc1cccc(Nc2[nH]nc3c2[C@@H](CC)c2cc(OC)c(OC)cc2-3)c1. The third kappa shape index (κ3) is 2.95. The minimum absolute atomic E-state index is 0.237. The van der Waals surface area contributed by atoms with Gasteiger partial charge in [0.1, 0.15) is 11.6 Å². The van der Waals surface area contributed by atoms with E-state index in [1.165, 1.54) is 11.1 Å². The number of hydrogen-bond acceptors (Lipinski definition) is 5. The van der Waals surface area contributed by atoms with E-state index in [0.717, 1.165) is 40.7 Å². The fraction of sp³-hybridized carbons (Fsp3) is 0.318. The van der Waals surface area contributed by atoms with E-state index in [9.17, 15) is 0 Å². The summed E-state index contributed by atoms with van der Waals surface area (Å²) in [6.07, 6.45) is 0.961. The number of benzene rings is 2. The zero-order valence-corrected chi connectivity index (χ0v) is 16.6. The highest BCUT2D eigenvalue weighted by atomic mass is 16.5. The van der Waals surface area contributed by atoms with Crippen molar-refractivity contribution < 1.29 is 14.2 Å². The van der Waals surface area contributed by atoms with Gasteiger partial charge in [-0.3, -0.25) is 5.10 Å². The summed E-state index contributed by atoms with van der Waals surface area (Å²) < 4.78 is 16.6. The van der Waals surface area contributed by atoms with Crippen LogP contribution in [0.4, 0.5) is 11.5 Å². The maximum atomic E-state index is 5.61. The molecule has 0 fully saturated rings. The molecule has 6 heteroatoms. The third-order valence-electron chi connectivity index (χ3n) is 5.16. The number of hydrogen-bond donors (Lipinski definition) is 2. The highest BCUT2D eigenvalue weighted by Gasteiger charge is 2.34. The maximum absolute atomic E-state index is 5.61. The first-order chi connectivity index (χ1) is 13.7. The molecule has 146 valence electrons. The summed E-state index contributed by atoms with van der Waals surface area (Å²) in [6, 6.07) is 12.0. The van der Waals surface area contributed by atoms with Gasteiger partial charge in [-0.05, 0) is 43.2 Å². The van der Waals surface area contributed by atoms with E-state index >= 15 is 0 Å². The first kappa shape index (κ1) is 18.2.